The minimum absolute atomic E-state index is 0. The van der Waals surface area contributed by atoms with Crippen molar-refractivity contribution in [1.82, 2.24) is 9.88 Å². The number of hydrogen-bond acceptors (Lipinski definition) is 2. The fourth-order valence-corrected chi connectivity index (χ4v) is 1.85. The molecule has 0 spiro atoms. The van der Waals surface area contributed by atoms with Crippen molar-refractivity contribution in [2.45, 2.75) is 13.0 Å². The Morgan fingerprint density at radius 2 is 1.90 bits per heavy atom. The highest BCUT2D eigenvalue weighted by Crippen LogP contribution is 2.18. The van der Waals surface area contributed by atoms with E-state index in [0.29, 0.717) is 12.2 Å². The number of amides is 1. The molecule has 1 amide bonds. The first-order chi connectivity index (χ1) is 9.13. The van der Waals surface area contributed by atoms with Gasteiger partial charge in [0.1, 0.15) is 5.69 Å². The molecule has 0 aliphatic rings. The number of halogens is 1. The van der Waals surface area contributed by atoms with Crippen LogP contribution in [0.25, 0.3) is 11.3 Å². The maximum absolute atomic E-state index is 12.2. The third kappa shape index (κ3) is 3.40. The number of nitrogens with zero attached hydrogens (tertiary/aromatic N) is 1. The zero-order valence-electron chi connectivity index (χ0n) is 11.7. The maximum atomic E-state index is 12.2. The monoisotopic (exact) mass is 293 g/mol. The van der Waals surface area contributed by atoms with Crippen molar-refractivity contribution in [3.05, 3.63) is 48.2 Å². The summed E-state index contributed by atoms with van der Waals surface area (Å²) < 4.78 is 0. The van der Waals surface area contributed by atoms with Gasteiger partial charge < -0.3 is 15.6 Å². The number of nitrogens with two attached hydrogens (primary N) is 1. The number of hydrogen-bond donors (Lipinski definition) is 2. The number of aromatic nitrogens is 1. The van der Waals surface area contributed by atoms with Gasteiger partial charge in [-0.05, 0) is 24.6 Å². The van der Waals surface area contributed by atoms with Crippen LogP contribution in [-0.4, -0.2) is 35.4 Å². The first-order valence-electron chi connectivity index (χ1n) is 6.35. The van der Waals surface area contributed by atoms with Crippen molar-refractivity contribution in [1.29, 1.82) is 0 Å². The quantitative estimate of drug-likeness (QED) is 0.910. The fraction of sp³-hybridized carbons (Fsp3) is 0.267. The summed E-state index contributed by atoms with van der Waals surface area (Å²) >= 11 is 0. The highest BCUT2D eigenvalue weighted by molar-refractivity contribution is 5.93. The molecule has 0 fully saturated rings. The highest BCUT2D eigenvalue weighted by Gasteiger charge is 2.17. The third-order valence-corrected chi connectivity index (χ3v) is 3.32. The minimum atomic E-state index is -0.0415. The van der Waals surface area contributed by atoms with Crippen molar-refractivity contribution >= 4 is 18.3 Å². The summed E-state index contributed by atoms with van der Waals surface area (Å²) in [6.07, 6.45) is 0. The predicted octanol–water partition coefficient (Wildman–Crippen LogP) is 2.52. The molecule has 1 aromatic carbocycles. The van der Waals surface area contributed by atoms with Crippen LogP contribution in [0.15, 0.2) is 42.5 Å². The van der Waals surface area contributed by atoms with E-state index in [4.69, 9.17) is 5.73 Å². The van der Waals surface area contributed by atoms with Gasteiger partial charge in [-0.15, -0.1) is 12.4 Å². The van der Waals surface area contributed by atoms with Gasteiger partial charge in [-0.3, -0.25) is 4.79 Å². The smallest absolute Gasteiger partial charge is 0.270 e. The number of rotatable bonds is 4. The average Bonchev–Trinajstić information content (AvgIpc) is 2.95. The summed E-state index contributed by atoms with van der Waals surface area (Å²) in [5.74, 6) is -0.0415. The lowest BCUT2D eigenvalue weighted by molar-refractivity contribution is 0.0743. The van der Waals surface area contributed by atoms with Gasteiger partial charge in [-0.25, -0.2) is 0 Å². The molecule has 108 valence electrons. The van der Waals surface area contributed by atoms with Gasteiger partial charge in [0, 0.05) is 25.3 Å². The summed E-state index contributed by atoms with van der Waals surface area (Å²) in [4.78, 5) is 17.0. The lowest BCUT2D eigenvalue weighted by atomic mass is 10.2. The van der Waals surface area contributed by atoms with Crippen molar-refractivity contribution in [3.63, 3.8) is 0 Å². The van der Waals surface area contributed by atoms with E-state index in [1.807, 2.05) is 49.4 Å². The second-order valence-electron chi connectivity index (χ2n) is 4.65. The lowest BCUT2D eigenvalue weighted by Gasteiger charge is -2.22. The van der Waals surface area contributed by atoms with E-state index in [2.05, 4.69) is 4.98 Å². The Balaban J connectivity index is 0.00000200. The zero-order valence-corrected chi connectivity index (χ0v) is 12.5. The standard InChI is InChI=1S/C15H19N3O.ClH/c1-11(10-16)18(2)15(19)14-9-8-13(17-14)12-6-4-3-5-7-12;/h3-9,11,17H,10,16H2,1-2H3;1H. The van der Waals surface area contributed by atoms with E-state index in [0.717, 1.165) is 11.3 Å². The Hall–Kier alpha value is -1.78. The van der Waals surface area contributed by atoms with E-state index in [9.17, 15) is 4.79 Å². The minimum Gasteiger partial charge on any atom is -0.351 e. The molecule has 20 heavy (non-hydrogen) atoms. The molecule has 1 atom stereocenters. The number of aromatic amines is 1. The van der Waals surface area contributed by atoms with Crippen molar-refractivity contribution in [3.8, 4) is 11.3 Å². The third-order valence-electron chi connectivity index (χ3n) is 3.32. The topological polar surface area (TPSA) is 62.1 Å². The van der Waals surface area contributed by atoms with E-state index >= 15 is 0 Å². The van der Waals surface area contributed by atoms with Crippen LogP contribution in [0.2, 0.25) is 0 Å². The zero-order chi connectivity index (χ0) is 13.8. The fourth-order valence-electron chi connectivity index (χ4n) is 1.85. The second-order valence-corrected chi connectivity index (χ2v) is 4.65. The predicted molar refractivity (Wildman–Crippen MR) is 84.1 cm³/mol. The number of carbonyl (C=O) groups is 1. The number of benzene rings is 1. The van der Waals surface area contributed by atoms with E-state index in [1.54, 1.807) is 11.9 Å². The first kappa shape index (κ1) is 16.3. The number of H-pyrrole nitrogens is 1. The molecule has 1 aromatic heterocycles. The van der Waals surface area contributed by atoms with E-state index < -0.39 is 0 Å². The summed E-state index contributed by atoms with van der Waals surface area (Å²) in [7, 11) is 1.77. The Morgan fingerprint density at radius 1 is 1.25 bits per heavy atom. The first-order valence-corrected chi connectivity index (χ1v) is 6.35. The normalized spacial score (nSPS) is 11.6. The van der Waals surface area contributed by atoms with Crippen LogP contribution in [0.1, 0.15) is 17.4 Å². The molecule has 0 radical (unpaired) electrons. The van der Waals surface area contributed by atoms with Gasteiger partial charge in [0.15, 0.2) is 0 Å². The molecule has 0 aliphatic heterocycles. The Morgan fingerprint density at radius 3 is 2.50 bits per heavy atom. The molecule has 0 bridgehead atoms. The molecule has 1 unspecified atom stereocenters. The molecule has 0 aliphatic carbocycles. The number of nitrogens with one attached hydrogen (secondary N) is 1. The van der Waals surface area contributed by atoms with Gasteiger partial charge in [0.25, 0.3) is 5.91 Å². The van der Waals surface area contributed by atoms with Crippen LogP contribution in [0, 0.1) is 0 Å². The molecule has 1 heterocycles. The molecule has 3 N–H and O–H groups in total. The van der Waals surface area contributed by atoms with Crippen molar-refractivity contribution < 1.29 is 4.79 Å². The Bertz CT molecular complexity index is 553. The summed E-state index contributed by atoms with van der Waals surface area (Å²) in [5.41, 5.74) is 8.17. The van der Waals surface area contributed by atoms with Crippen molar-refractivity contribution in [2.24, 2.45) is 5.73 Å². The van der Waals surface area contributed by atoms with Crippen LogP contribution in [0.3, 0.4) is 0 Å². The highest BCUT2D eigenvalue weighted by atomic mass is 35.5. The van der Waals surface area contributed by atoms with Gasteiger partial charge in [0.05, 0.1) is 0 Å². The largest absolute Gasteiger partial charge is 0.351 e. The molecular formula is C15H20ClN3O. The second kappa shape index (κ2) is 7.12. The van der Waals surface area contributed by atoms with Gasteiger partial charge in [-0.2, -0.15) is 0 Å². The van der Waals surface area contributed by atoms with E-state index in [-0.39, 0.29) is 24.4 Å². The summed E-state index contributed by atoms with van der Waals surface area (Å²) in [5, 5.41) is 0. The van der Waals surface area contributed by atoms with Crippen LogP contribution in [0.5, 0.6) is 0 Å². The molecule has 2 aromatic rings. The summed E-state index contributed by atoms with van der Waals surface area (Å²) in [6.45, 7) is 2.38. The van der Waals surface area contributed by atoms with Gasteiger partial charge >= 0.3 is 0 Å². The van der Waals surface area contributed by atoms with Crippen LogP contribution in [-0.2, 0) is 0 Å². The number of carbonyl (C=O) groups excluding carboxylic acids is 1. The Labute approximate surface area is 125 Å². The summed E-state index contributed by atoms with van der Waals surface area (Å²) in [6, 6.07) is 13.7. The molecule has 2 rings (SSSR count). The molecular weight excluding hydrogens is 274 g/mol. The maximum Gasteiger partial charge on any atom is 0.270 e. The van der Waals surface area contributed by atoms with Crippen LogP contribution >= 0.6 is 12.4 Å². The van der Waals surface area contributed by atoms with Crippen LogP contribution in [0.4, 0.5) is 0 Å². The van der Waals surface area contributed by atoms with Gasteiger partial charge in [0.2, 0.25) is 0 Å². The van der Waals surface area contributed by atoms with Crippen LogP contribution < -0.4 is 5.73 Å². The SMILES string of the molecule is CC(CN)N(C)C(=O)c1ccc(-c2ccccc2)[nH]1.Cl. The Kier molecular flexibility index (Phi) is 5.80. The molecule has 0 saturated carbocycles. The average molecular weight is 294 g/mol. The molecule has 0 saturated heterocycles. The molecule has 4 nitrogen and oxygen atoms in total. The molecule has 5 heteroatoms. The van der Waals surface area contributed by atoms with E-state index in [1.165, 1.54) is 0 Å². The number of likely N-dealkylation sites (N-methyl/N-ethyl adjacent to an activating group) is 1. The lowest BCUT2D eigenvalue weighted by Crippen LogP contribution is -2.39. The van der Waals surface area contributed by atoms with Crippen molar-refractivity contribution in [2.75, 3.05) is 13.6 Å². The van der Waals surface area contributed by atoms with Gasteiger partial charge in [-0.1, -0.05) is 30.3 Å².